The normalized spacial score (nSPS) is 12.6. The molecule has 0 aromatic rings. The van der Waals surface area contributed by atoms with E-state index in [1.165, 1.54) is 148 Å². The van der Waals surface area contributed by atoms with Crippen molar-refractivity contribution in [2.45, 2.75) is 272 Å². The minimum atomic E-state index is -0.762. The van der Waals surface area contributed by atoms with Crippen LogP contribution in [-0.4, -0.2) is 37.2 Å². The predicted octanol–water partition coefficient (Wildman–Crippen LogP) is 15.6. The van der Waals surface area contributed by atoms with Crippen molar-refractivity contribution in [1.82, 2.24) is 0 Å². The molecular formula is C50H96O6. The molecule has 6 heteroatoms. The first-order chi connectivity index (χ1) is 27.1. The van der Waals surface area contributed by atoms with Gasteiger partial charge in [-0.25, -0.2) is 0 Å². The van der Waals surface area contributed by atoms with Gasteiger partial charge in [0.05, 0.1) is 0 Å². The molecule has 6 nitrogen and oxygen atoms in total. The molecule has 0 aliphatic carbocycles. The highest BCUT2D eigenvalue weighted by Crippen LogP contribution is 2.18. The first kappa shape index (κ1) is 54.4. The number of unbranched alkanes of at least 4 members (excludes halogenated alkanes) is 25. The van der Waals surface area contributed by atoms with Crippen molar-refractivity contribution in [3.8, 4) is 0 Å². The van der Waals surface area contributed by atoms with Crippen molar-refractivity contribution in [2.75, 3.05) is 13.2 Å². The monoisotopic (exact) mass is 793 g/mol. The van der Waals surface area contributed by atoms with Crippen LogP contribution in [-0.2, 0) is 28.6 Å². The van der Waals surface area contributed by atoms with E-state index in [2.05, 4.69) is 41.5 Å². The van der Waals surface area contributed by atoms with Crippen LogP contribution in [0.5, 0.6) is 0 Å². The van der Waals surface area contributed by atoms with Crippen LogP contribution in [0.15, 0.2) is 0 Å². The molecule has 0 saturated heterocycles. The Labute approximate surface area is 348 Å². The van der Waals surface area contributed by atoms with Gasteiger partial charge >= 0.3 is 17.9 Å². The Kier molecular flexibility index (Phi) is 40.4. The van der Waals surface area contributed by atoms with Crippen molar-refractivity contribution in [2.24, 2.45) is 17.8 Å². The van der Waals surface area contributed by atoms with Gasteiger partial charge < -0.3 is 14.2 Å². The summed E-state index contributed by atoms with van der Waals surface area (Å²) in [6.07, 6.45) is 39.6. The summed E-state index contributed by atoms with van der Waals surface area (Å²) in [4.78, 5) is 37.8. The van der Waals surface area contributed by atoms with Gasteiger partial charge in [0.2, 0.25) is 0 Å². The molecule has 332 valence electrons. The van der Waals surface area contributed by atoms with Crippen molar-refractivity contribution in [1.29, 1.82) is 0 Å². The van der Waals surface area contributed by atoms with Crippen LogP contribution in [0.4, 0.5) is 0 Å². The third kappa shape index (κ3) is 42.0. The predicted molar refractivity (Wildman–Crippen MR) is 238 cm³/mol. The zero-order chi connectivity index (χ0) is 41.3. The smallest absolute Gasteiger partial charge is 0.306 e. The lowest BCUT2D eigenvalue weighted by molar-refractivity contribution is -0.167. The summed E-state index contributed by atoms with van der Waals surface area (Å²) < 4.78 is 16.7. The second kappa shape index (κ2) is 41.6. The summed E-state index contributed by atoms with van der Waals surface area (Å²) in [7, 11) is 0. The van der Waals surface area contributed by atoms with E-state index in [0.717, 1.165) is 75.5 Å². The average Bonchev–Trinajstić information content (AvgIpc) is 3.16. The summed E-state index contributed by atoms with van der Waals surface area (Å²) in [5.74, 6) is 1.59. The molecule has 0 aliphatic heterocycles. The highest BCUT2D eigenvalue weighted by molar-refractivity contribution is 5.71. The van der Waals surface area contributed by atoms with Gasteiger partial charge in [-0.15, -0.1) is 0 Å². The standard InChI is InChI=1S/C50H96O6/c1-7-46(6)38-32-26-19-14-12-10-8-9-11-13-15-21-29-35-41-50(53)56-47(43-55-49(52)40-34-28-23-22-25-31-37-45(4)5)42-54-48(51)39-33-27-20-17-16-18-24-30-36-44(2)3/h44-47H,7-43H2,1-6H3/t46?,47-/m1/s1. The fraction of sp³-hybridized carbons (Fsp3) is 0.940. The van der Waals surface area contributed by atoms with E-state index in [1.54, 1.807) is 0 Å². The quantitative estimate of drug-likeness (QED) is 0.0348. The topological polar surface area (TPSA) is 78.9 Å². The van der Waals surface area contributed by atoms with E-state index < -0.39 is 6.10 Å². The summed E-state index contributed by atoms with van der Waals surface area (Å²) in [6.45, 7) is 13.6. The number of carbonyl (C=O) groups is 3. The van der Waals surface area contributed by atoms with E-state index in [9.17, 15) is 14.4 Å². The molecule has 0 radical (unpaired) electrons. The van der Waals surface area contributed by atoms with Gasteiger partial charge in [-0.05, 0) is 37.0 Å². The van der Waals surface area contributed by atoms with Crippen LogP contribution in [0, 0.1) is 17.8 Å². The maximum atomic E-state index is 12.8. The Hall–Kier alpha value is -1.59. The van der Waals surface area contributed by atoms with Gasteiger partial charge in [-0.1, -0.05) is 228 Å². The molecule has 0 aromatic heterocycles. The van der Waals surface area contributed by atoms with Crippen LogP contribution in [0.2, 0.25) is 0 Å². The van der Waals surface area contributed by atoms with Crippen LogP contribution in [0.3, 0.4) is 0 Å². The van der Waals surface area contributed by atoms with E-state index >= 15 is 0 Å². The molecule has 0 saturated carbocycles. The summed E-state index contributed by atoms with van der Waals surface area (Å²) in [5, 5.41) is 0. The molecule has 0 N–H and O–H groups in total. The number of hydrogen-bond acceptors (Lipinski definition) is 6. The SMILES string of the molecule is CCC(C)CCCCCCCCCCCCCCCCC(=O)O[C@H](COC(=O)CCCCCCCCCCC(C)C)COC(=O)CCCCCCCCC(C)C. The Morgan fingerprint density at radius 2 is 0.625 bits per heavy atom. The lowest BCUT2D eigenvalue weighted by atomic mass is 9.99. The van der Waals surface area contributed by atoms with E-state index in [4.69, 9.17) is 14.2 Å². The second-order valence-electron chi connectivity index (χ2n) is 18.3. The Bertz CT molecular complexity index is 870. The highest BCUT2D eigenvalue weighted by atomic mass is 16.6. The molecule has 0 aromatic carbocycles. The first-order valence-electron chi connectivity index (χ1n) is 24.6. The molecule has 56 heavy (non-hydrogen) atoms. The fourth-order valence-corrected chi connectivity index (χ4v) is 7.38. The Balaban J connectivity index is 4.27. The van der Waals surface area contributed by atoms with Crippen molar-refractivity contribution in [3.63, 3.8) is 0 Å². The molecule has 0 rings (SSSR count). The molecule has 1 unspecified atom stereocenters. The summed E-state index contributed by atoms with van der Waals surface area (Å²) in [6, 6.07) is 0. The molecule has 0 fully saturated rings. The molecule has 0 heterocycles. The van der Waals surface area contributed by atoms with Gasteiger partial charge in [0.25, 0.3) is 0 Å². The van der Waals surface area contributed by atoms with Gasteiger partial charge in [0.15, 0.2) is 6.10 Å². The van der Waals surface area contributed by atoms with Crippen molar-refractivity contribution < 1.29 is 28.6 Å². The van der Waals surface area contributed by atoms with Crippen LogP contribution in [0.25, 0.3) is 0 Å². The van der Waals surface area contributed by atoms with E-state index in [-0.39, 0.29) is 31.1 Å². The number of carbonyl (C=O) groups excluding carboxylic acids is 3. The zero-order valence-electron chi connectivity index (χ0n) is 38.4. The van der Waals surface area contributed by atoms with Crippen LogP contribution >= 0.6 is 0 Å². The lowest BCUT2D eigenvalue weighted by Crippen LogP contribution is -2.30. The molecule has 0 bridgehead atoms. The van der Waals surface area contributed by atoms with Gasteiger partial charge in [-0.2, -0.15) is 0 Å². The number of esters is 3. The molecule has 0 spiro atoms. The van der Waals surface area contributed by atoms with E-state index in [0.29, 0.717) is 19.3 Å². The fourth-order valence-electron chi connectivity index (χ4n) is 7.38. The molecular weight excluding hydrogens is 697 g/mol. The number of rotatable bonds is 43. The zero-order valence-corrected chi connectivity index (χ0v) is 38.4. The highest BCUT2D eigenvalue weighted by Gasteiger charge is 2.19. The summed E-state index contributed by atoms with van der Waals surface area (Å²) in [5.41, 5.74) is 0. The van der Waals surface area contributed by atoms with Crippen LogP contribution in [0.1, 0.15) is 266 Å². The molecule has 0 aliphatic rings. The van der Waals surface area contributed by atoms with Gasteiger partial charge in [0.1, 0.15) is 13.2 Å². The lowest BCUT2D eigenvalue weighted by Gasteiger charge is -2.18. The summed E-state index contributed by atoms with van der Waals surface area (Å²) >= 11 is 0. The van der Waals surface area contributed by atoms with Crippen molar-refractivity contribution >= 4 is 17.9 Å². The third-order valence-corrected chi connectivity index (χ3v) is 11.5. The minimum absolute atomic E-state index is 0.0665. The van der Waals surface area contributed by atoms with Gasteiger partial charge in [-0.3, -0.25) is 14.4 Å². The molecule has 2 atom stereocenters. The number of ether oxygens (including phenoxy) is 3. The van der Waals surface area contributed by atoms with E-state index in [1.807, 2.05) is 0 Å². The van der Waals surface area contributed by atoms with Gasteiger partial charge in [0, 0.05) is 19.3 Å². The Morgan fingerprint density at radius 1 is 0.357 bits per heavy atom. The Morgan fingerprint density at radius 3 is 0.929 bits per heavy atom. The molecule has 0 amide bonds. The third-order valence-electron chi connectivity index (χ3n) is 11.5. The van der Waals surface area contributed by atoms with Crippen LogP contribution < -0.4 is 0 Å². The largest absolute Gasteiger partial charge is 0.462 e. The average molecular weight is 793 g/mol. The second-order valence-corrected chi connectivity index (χ2v) is 18.3. The number of hydrogen-bond donors (Lipinski definition) is 0. The maximum absolute atomic E-state index is 12.8. The maximum Gasteiger partial charge on any atom is 0.306 e. The minimum Gasteiger partial charge on any atom is -0.462 e. The first-order valence-corrected chi connectivity index (χ1v) is 24.6. The van der Waals surface area contributed by atoms with Crippen molar-refractivity contribution in [3.05, 3.63) is 0 Å².